The molecule has 1 atom stereocenters. The molecule has 0 aliphatic heterocycles. The van der Waals surface area contributed by atoms with E-state index in [4.69, 9.17) is 5.73 Å². The Labute approximate surface area is 107 Å². The Balaban J connectivity index is 2.37. The van der Waals surface area contributed by atoms with E-state index in [0.29, 0.717) is 5.56 Å². The van der Waals surface area contributed by atoms with Crippen molar-refractivity contribution in [2.45, 2.75) is 26.8 Å². The topological polar surface area (TPSA) is 26.0 Å². The first-order chi connectivity index (χ1) is 8.49. The molecule has 2 aromatic rings. The van der Waals surface area contributed by atoms with Crippen LogP contribution in [0.5, 0.6) is 0 Å². The van der Waals surface area contributed by atoms with Gasteiger partial charge in [0.05, 0.1) is 6.04 Å². The van der Waals surface area contributed by atoms with E-state index in [1.807, 2.05) is 12.1 Å². The Morgan fingerprint density at radius 1 is 0.833 bits per heavy atom. The minimum Gasteiger partial charge on any atom is -0.320 e. The van der Waals surface area contributed by atoms with Gasteiger partial charge in [0.15, 0.2) is 0 Å². The van der Waals surface area contributed by atoms with Gasteiger partial charge in [-0.1, -0.05) is 30.3 Å². The van der Waals surface area contributed by atoms with Crippen molar-refractivity contribution in [2.75, 3.05) is 0 Å². The smallest absolute Gasteiger partial charge is 0.126 e. The highest BCUT2D eigenvalue weighted by molar-refractivity contribution is 5.38. The largest absolute Gasteiger partial charge is 0.320 e. The van der Waals surface area contributed by atoms with Gasteiger partial charge in [0.1, 0.15) is 5.82 Å². The first kappa shape index (κ1) is 12.8. The maximum Gasteiger partial charge on any atom is 0.126 e. The molecule has 0 spiro atoms. The van der Waals surface area contributed by atoms with Gasteiger partial charge in [-0.05, 0) is 54.7 Å². The molecule has 0 aromatic heterocycles. The Morgan fingerprint density at radius 2 is 1.39 bits per heavy atom. The third kappa shape index (κ3) is 2.44. The lowest BCUT2D eigenvalue weighted by Crippen LogP contribution is -2.12. The lowest BCUT2D eigenvalue weighted by molar-refractivity contribution is 0.617. The average Bonchev–Trinajstić information content (AvgIpc) is 2.35. The Kier molecular flexibility index (Phi) is 3.48. The quantitative estimate of drug-likeness (QED) is 0.853. The fourth-order valence-corrected chi connectivity index (χ4v) is 2.01. The predicted octanol–water partition coefficient (Wildman–Crippen LogP) is 3.80. The van der Waals surface area contributed by atoms with Crippen LogP contribution in [0.25, 0.3) is 0 Å². The summed E-state index contributed by atoms with van der Waals surface area (Å²) in [5.41, 5.74) is 11.3. The molecule has 2 aromatic carbocycles. The normalized spacial score (nSPS) is 12.5. The summed E-state index contributed by atoms with van der Waals surface area (Å²) in [5.74, 6) is -0.189. The molecule has 0 fully saturated rings. The maximum absolute atomic E-state index is 13.2. The number of aryl methyl sites for hydroxylation is 3. The van der Waals surface area contributed by atoms with Gasteiger partial charge in [0.2, 0.25) is 0 Å². The minimum absolute atomic E-state index is 0.189. The molecular weight excluding hydrogens is 225 g/mol. The van der Waals surface area contributed by atoms with Crippen molar-refractivity contribution in [1.29, 1.82) is 0 Å². The number of hydrogen-bond donors (Lipinski definition) is 1. The van der Waals surface area contributed by atoms with Crippen LogP contribution in [0.1, 0.15) is 33.9 Å². The van der Waals surface area contributed by atoms with Gasteiger partial charge < -0.3 is 5.73 Å². The lowest BCUT2D eigenvalue weighted by Gasteiger charge is -2.15. The number of rotatable bonds is 2. The van der Waals surface area contributed by atoms with Crippen molar-refractivity contribution in [3.8, 4) is 0 Å². The summed E-state index contributed by atoms with van der Waals surface area (Å²) in [7, 11) is 0. The molecule has 0 aliphatic rings. The first-order valence-corrected chi connectivity index (χ1v) is 6.08. The van der Waals surface area contributed by atoms with Gasteiger partial charge in [-0.15, -0.1) is 0 Å². The molecule has 0 saturated heterocycles. The van der Waals surface area contributed by atoms with E-state index >= 15 is 0 Å². The zero-order valence-electron chi connectivity index (χ0n) is 11.0. The van der Waals surface area contributed by atoms with E-state index in [2.05, 4.69) is 26.0 Å². The summed E-state index contributed by atoms with van der Waals surface area (Å²) < 4.78 is 13.2. The van der Waals surface area contributed by atoms with Crippen LogP contribution >= 0.6 is 0 Å². The van der Waals surface area contributed by atoms with E-state index in [9.17, 15) is 4.39 Å². The summed E-state index contributed by atoms with van der Waals surface area (Å²) in [4.78, 5) is 0. The van der Waals surface area contributed by atoms with Crippen molar-refractivity contribution in [3.63, 3.8) is 0 Å². The fourth-order valence-electron chi connectivity index (χ4n) is 2.01. The van der Waals surface area contributed by atoms with Crippen molar-refractivity contribution < 1.29 is 4.39 Å². The van der Waals surface area contributed by atoms with Gasteiger partial charge in [0.25, 0.3) is 0 Å². The summed E-state index contributed by atoms with van der Waals surface area (Å²) >= 11 is 0. The van der Waals surface area contributed by atoms with Crippen molar-refractivity contribution in [3.05, 3.63) is 70.0 Å². The van der Waals surface area contributed by atoms with Crippen molar-refractivity contribution >= 4 is 0 Å². The molecule has 0 heterocycles. The molecule has 18 heavy (non-hydrogen) atoms. The van der Waals surface area contributed by atoms with Crippen LogP contribution in [0, 0.1) is 26.6 Å². The predicted molar refractivity (Wildman–Crippen MR) is 73.1 cm³/mol. The zero-order valence-corrected chi connectivity index (χ0v) is 11.0. The van der Waals surface area contributed by atoms with Crippen LogP contribution in [0.3, 0.4) is 0 Å². The summed E-state index contributed by atoms with van der Waals surface area (Å²) in [6, 6.07) is 11.0. The molecule has 1 unspecified atom stereocenters. The van der Waals surface area contributed by atoms with Crippen LogP contribution in [0.4, 0.5) is 4.39 Å². The van der Waals surface area contributed by atoms with E-state index < -0.39 is 0 Å². The number of benzene rings is 2. The fraction of sp³-hybridized carbons (Fsp3) is 0.250. The van der Waals surface area contributed by atoms with E-state index in [-0.39, 0.29) is 11.9 Å². The lowest BCUT2D eigenvalue weighted by atomic mass is 9.95. The second kappa shape index (κ2) is 4.91. The molecule has 2 heteroatoms. The second-order valence-electron chi connectivity index (χ2n) is 4.83. The monoisotopic (exact) mass is 243 g/mol. The maximum atomic E-state index is 13.2. The van der Waals surface area contributed by atoms with Gasteiger partial charge in [-0.25, -0.2) is 4.39 Å². The molecule has 1 nitrogen and oxygen atoms in total. The first-order valence-electron chi connectivity index (χ1n) is 6.08. The van der Waals surface area contributed by atoms with Gasteiger partial charge in [-0.3, -0.25) is 0 Å². The molecule has 0 radical (unpaired) electrons. The van der Waals surface area contributed by atoms with E-state index in [0.717, 1.165) is 11.1 Å². The Morgan fingerprint density at radius 3 is 1.94 bits per heavy atom. The van der Waals surface area contributed by atoms with Crippen LogP contribution in [-0.4, -0.2) is 0 Å². The van der Waals surface area contributed by atoms with Crippen molar-refractivity contribution in [1.82, 2.24) is 0 Å². The Bertz CT molecular complexity index is 524. The molecule has 2 rings (SSSR count). The third-order valence-electron chi connectivity index (χ3n) is 3.43. The summed E-state index contributed by atoms with van der Waals surface area (Å²) in [6.07, 6.45) is 0. The third-order valence-corrected chi connectivity index (χ3v) is 3.43. The Hall–Kier alpha value is -1.67. The zero-order chi connectivity index (χ0) is 13.3. The number of halogens is 1. The van der Waals surface area contributed by atoms with Gasteiger partial charge >= 0.3 is 0 Å². The number of hydrogen-bond acceptors (Lipinski definition) is 1. The molecule has 94 valence electrons. The number of nitrogens with two attached hydrogens (primary N) is 1. The van der Waals surface area contributed by atoms with E-state index in [1.165, 1.54) is 17.2 Å². The van der Waals surface area contributed by atoms with Crippen LogP contribution in [0.15, 0.2) is 36.4 Å². The molecule has 0 saturated carbocycles. The standard InChI is InChI=1S/C16H18FN/c1-10-4-5-13(8-11(10)2)16(18)14-6-7-15(17)12(3)9-14/h4-9,16H,18H2,1-3H3. The molecule has 2 N–H and O–H groups in total. The minimum atomic E-state index is -0.205. The second-order valence-corrected chi connectivity index (χ2v) is 4.83. The molecule has 0 aliphatic carbocycles. The van der Waals surface area contributed by atoms with Crippen molar-refractivity contribution in [2.24, 2.45) is 5.73 Å². The molecular formula is C16H18FN. The SMILES string of the molecule is Cc1ccc(C(N)c2ccc(F)c(C)c2)cc1C. The van der Waals surface area contributed by atoms with Gasteiger partial charge in [-0.2, -0.15) is 0 Å². The average molecular weight is 243 g/mol. The highest BCUT2D eigenvalue weighted by atomic mass is 19.1. The highest BCUT2D eigenvalue weighted by Gasteiger charge is 2.11. The summed E-state index contributed by atoms with van der Waals surface area (Å²) in [5, 5.41) is 0. The molecule has 0 bridgehead atoms. The highest BCUT2D eigenvalue weighted by Crippen LogP contribution is 2.23. The van der Waals surface area contributed by atoms with E-state index in [1.54, 1.807) is 13.0 Å². The van der Waals surface area contributed by atoms with Gasteiger partial charge in [0, 0.05) is 0 Å². The summed E-state index contributed by atoms with van der Waals surface area (Å²) in [6.45, 7) is 5.90. The van der Waals surface area contributed by atoms with Crippen LogP contribution in [0.2, 0.25) is 0 Å². The van der Waals surface area contributed by atoms with Crippen LogP contribution in [-0.2, 0) is 0 Å². The molecule has 0 amide bonds. The van der Waals surface area contributed by atoms with Crippen LogP contribution < -0.4 is 5.73 Å².